The fourth-order valence-corrected chi connectivity index (χ4v) is 7.15. The Bertz CT molecular complexity index is 873. The summed E-state index contributed by atoms with van der Waals surface area (Å²) in [6.07, 6.45) is -2.67. The molecule has 236 valence electrons. The van der Waals surface area contributed by atoms with Gasteiger partial charge < -0.3 is 28.2 Å². The average Bonchev–Trinajstić information content (AvgIpc) is 2.75. The van der Waals surface area contributed by atoms with Crippen molar-refractivity contribution in [2.24, 2.45) is 5.92 Å². The van der Waals surface area contributed by atoms with Crippen LogP contribution in [0.4, 0.5) is 0 Å². The Labute approximate surface area is 250 Å². The maximum atomic E-state index is 10.2. The van der Waals surface area contributed by atoms with Crippen molar-refractivity contribution < 1.29 is 28.2 Å². The number of ether oxygens (including phenoxy) is 3. The van der Waals surface area contributed by atoms with Crippen LogP contribution in [0.2, 0.25) is 54.4 Å². The molecule has 1 fully saturated rings. The molecule has 0 amide bonds. The van der Waals surface area contributed by atoms with Crippen LogP contribution in [0.15, 0.2) is 0 Å². The minimum Gasteiger partial charge on any atom is -0.408 e. The van der Waals surface area contributed by atoms with Gasteiger partial charge in [0, 0.05) is 19.6 Å². The monoisotopic (exact) mass is 616 g/mol. The highest BCUT2D eigenvalue weighted by atomic mass is 28.4. The first kappa shape index (κ1) is 38.0. The lowest BCUT2D eigenvalue weighted by Gasteiger charge is -2.52. The molecule has 7 atom stereocenters. The molecule has 0 spiro atoms. The predicted molar refractivity (Wildman–Crippen MR) is 175 cm³/mol. The Hall–Kier alpha value is -0.0294. The molecule has 1 aliphatic heterocycles. The molecule has 0 saturated carbocycles. The zero-order chi connectivity index (χ0) is 31.7. The van der Waals surface area contributed by atoms with Gasteiger partial charge in [-0.15, -0.1) is 5.54 Å². The quantitative estimate of drug-likeness (QED) is 0.213. The lowest BCUT2D eigenvalue weighted by molar-refractivity contribution is -0.299. The van der Waals surface area contributed by atoms with Crippen LogP contribution in [-0.4, -0.2) is 80.3 Å². The first-order chi connectivity index (χ1) is 17.7. The van der Waals surface area contributed by atoms with Crippen LogP contribution in [0.3, 0.4) is 0 Å². The standard InChI is InChI=1S/C31H64O6Si3/c1-22(21-32)24(19-20-38(13,14)29(3,4)5)35-28-27(37-40(17,18)31(9,10)11)26(25(33-12)23(2)34-28)36-39(15,16)30(6,7)8/h22-28,32H,21H2,1-18H3/t22-,23+,24-,25+,26-,27+,28+/m1/s1. The van der Waals surface area contributed by atoms with Crippen LogP contribution in [-0.2, 0) is 23.1 Å². The maximum absolute atomic E-state index is 10.2. The Balaban J connectivity index is 3.70. The summed E-state index contributed by atoms with van der Waals surface area (Å²) in [5.74, 6) is 3.26. The number of aliphatic hydroxyl groups excluding tert-OH is 1. The topological polar surface area (TPSA) is 66.4 Å². The van der Waals surface area contributed by atoms with Gasteiger partial charge in [-0.25, -0.2) is 0 Å². The third kappa shape index (κ3) is 9.23. The molecule has 1 aliphatic rings. The third-order valence-electron chi connectivity index (χ3n) is 9.96. The summed E-state index contributed by atoms with van der Waals surface area (Å²) in [6, 6.07) is 0. The second-order valence-corrected chi connectivity index (χ2v) is 31.0. The first-order valence-electron chi connectivity index (χ1n) is 15.1. The van der Waals surface area contributed by atoms with Crippen LogP contribution in [0, 0.1) is 17.4 Å². The van der Waals surface area contributed by atoms with Gasteiger partial charge in [-0.3, -0.25) is 0 Å². The molecular formula is C31H64O6Si3. The molecule has 1 rings (SSSR count). The van der Waals surface area contributed by atoms with E-state index in [0.29, 0.717) is 0 Å². The van der Waals surface area contributed by atoms with E-state index in [1.54, 1.807) is 7.11 Å². The Morgan fingerprint density at radius 2 is 1.23 bits per heavy atom. The minimum atomic E-state index is -2.28. The smallest absolute Gasteiger partial charge is 0.192 e. The van der Waals surface area contributed by atoms with Gasteiger partial charge >= 0.3 is 0 Å². The van der Waals surface area contributed by atoms with E-state index in [-0.39, 0.29) is 46.0 Å². The van der Waals surface area contributed by atoms with Gasteiger partial charge in [-0.05, 0) is 48.2 Å². The molecule has 0 radical (unpaired) electrons. The molecule has 0 aromatic heterocycles. The molecule has 1 N–H and O–H groups in total. The Morgan fingerprint density at radius 3 is 1.60 bits per heavy atom. The number of methoxy groups -OCH3 is 1. The van der Waals surface area contributed by atoms with Crippen molar-refractivity contribution in [2.75, 3.05) is 13.7 Å². The van der Waals surface area contributed by atoms with Gasteiger partial charge in [0.15, 0.2) is 22.9 Å². The zero-order valence-electron chi connectivity index (χ0n) is 29.2. The molecule has 1 saturated heterocycles. The van der Waals surface area contributed by atoms with Crippen molar-refractivity contribution in [3.8, 4) is 11.5 Å². The number of hydrogen-bond donors (Lipinski definition) is 1. The van der Waals surface area contributed by atoms with Crippen LogP contribution >= 0.6 is 0 Å². The molecular weight excluding hydrogens is 553 g/mol. The van der Waals surface area contributed by atoms with Gasteiger partial charge in [0.2, 0.25) is 0 Å². The summed E-state index contributed by atoms with van der Waals surface area (Å²) in [4.78, 5) is 0. The Kier molecular flexibility index (Phi) is 12.6. The summed E-state index contributed by atoms with van der Waals surface area (Å²) < 4.78 is 33.6. The summed E-state index contributed by atoms with van der Waals surface area (Å²) in [5.41, 5.74) is 3.61. The normalized spacial score (nSPS) is 27.1. The molecule has 6 nitrogen and oxygen atoms in total. The molecule has 0 unspecified atom stereocenters. The first-order valence-corrected chi connectivity index (χ1v) is 23.9. The van der Waals surface area contributed by atoms with Crippen molar-refractivity contribution in [3.63, 3.8) is 0 Å². The summed E-state index contributed by atoms with van der Waals surface area (Å²) in [7, 11) is -4.68. The Morgan fingerprint density at radius 1 is 0.775 bits per heavy atom. The van der Waals surface area contributed by atoms with Crippen molar-refractivity contribution in [3.05, 3.63) is 0 Å². The lowest BCUT2D eigenvalue weighted by Crippen LogP contribution is -2.65. The van der Waals surface area contributed by atoms with Gasteiger partial charge in [0.05, 0.1) is 6.10 Å². The second-order valence-electron chi connectivity index (χ2n) is 16.5. The number of rotatable bonds is 9. The van der Waals surface area contributed by atoms with Gasteiger partial charge in [0.1, 0.15) is 32.5 Å². The largest absolute Gasteiger partial charge is 0.408 e. The van der Waals surface area contributed by atoms with Crippen molar-refractivity contribution in [1.29, 1.82) is 0 Å². The van der Waals surface area contributed by atoms with Crippen LogP contribution in [0.25, 0.3) is 0 Å². The van der Waals surface area contributed by atoms with Gasteiger partial charge in [-0.1, -0.05) is 88.3 Å². The van der Waals surface area contributed by atoms with E-state index in [9.17, 15) is 5.11 Å². The fraction of sp³-hybridized carbons (Fsp3) is 0.935. The summed E-state index contributed by atoms with van der Waals surface area (Å²) in [5, 5.41) is 10.3. The fourth-order valence-electron chi connectivity index (χ4n) is 3.69. The molecule has 0 bridgehead atoms. The molecule has 9 heteroatoms. The maximum Gasteiger partial charge on any atom is 0.192 e. The van der Waals surface area contributed by atoms with E-state index in [1.165, 1.54) is 0 Å². The van der Waals surface area contributed by atoms with Crippen molar-refractivity contribution in [2.45, 2.75) is 167 Å². The lowest BCUT2D eigenvalue weighted by atomic mass is 9.99. The van der Waals surface area contributed by atoms with E-state index in [1.807, 2.05) is 13.8 Å². The van der Waals surface area contributed by atoms with E-state index in [2.05, 4.69) is 113 Å². The highest BCUT2D eigenvalue weighted by Gasteiger charge is 2.54. The van der Waals surface area contributed by atoms with Gasteiger partial charge in [0.25, 0.3) is 0 Å². The number of aliphatic hydroxyl groups is 1. The predicted octanol–water partition coefficient (Wildman–Crippen LogP) is 7.59. The van der Waals surface area contributed by atoms with Crippen LogP contribution in [0.5, 0.6) is 0 Å². The molecule has 0 aromatic rings. The van der Waals surface area contributed by atoms with Crippen LogP contribution in [0.1, 0.15) is 76.2 Å². The minimum absolute atomic E-state index is 0.00723. The van der Waals surface area contributed by atoms with Crippen LogP contribution < -0.4 is 0 Å². The average molecular weight is 617 g/mol. The number of hydrogen-bond acceptors (Lipinski definition) is 6. The van der Waals surface area contributed by atoms with E-state index < -0.39 is 43.2 Å². The highest BCUT2D eigenvalue weighted by molar-refractivity contribution is 6.87. The zero-order valence-corrected chi connectivity index (χ0v) is 32.2. The second kappa shape index (κ2) is 13.3. The third-order valence-corrected chi connectivity index (χ3v) is 23.4. The molecule has 0 aliphatic carbocycles. The molecule has 1 heterocycles. The molecule has 40 heavy (non-hydrogen) atoms. The highest BCUT2D eigenvalue weighted by Crippen LogP contribution is 2.44. The van der Waals surface area contributed by atoms with Crippen molar-refractivity contribution in [1.82, 2.24) is 0 Å². The van der Waals surface area contributed by atoms with Crippen molar-refractivity contribution >= 4 is 24.7 Å². The van der Waals surface area contributed by atoms with E-state index in [0.717, 1.165) is 0 Å². The summed E-state index contributed by atoms with van der Waals surface area (Å²) in [6.45, 7) is 37.8. The van der Waals surface area contributed by atoms with E-state index >= 15 is 0 Å². The van der Waals surface area contributed by atoms with E-state index in [4.69, 9.17) is 23.1 Å². The molecule has 0 aromatic carbocycles. The summed E-state index contributed by atoms with van der Waals surface area (Å²) >= 11 is 0. The SMILES string of the molecule is CO[C@@H]1[C@@H](O[Si](C)(C)C(C)(C)C)[C@H](O[Si](C)(C)C(C)(C)C)[C@H](O[C@H](C#C[Si](C)(C)C(C)(C)C)[C@H](C)CO)O[C@H]1C. The van der Waals surface area contributed by atoms with Gasteiger partial charge in [-0.2, -0.15) is 0 Å².